The van der Waals surface area contributed by atoms with Gasteiger partial charge in [-0.15, -0.1) is 0 Å². The van der Waals surface area contributed by atoms with Crippen molar-refractivity contribution in [1.29, 1.82) is 0 Å². The number of hydrogen-bond donors (Lipinski definition) is 4. The summed E-state index contributed by atoms with van der Waals surface area (Å²) in [4.78, 5) is 23.6. The molecule has 104 valence electrons. The first-order valence-electron chi connectivity index (χ1n) is 6.01. The molecule has 1 aromatic carbocycles. The monoisotopic (exact) mass is 265 g/mol. The highest BCUT2D eigenvalue weighted by Crippen LogP contribution is 2.24. The predicted octanol–water partition coefficient (Wildman–Crippen LogP) is 0.617. The molecular weight excluding hydrogens is 246 g/mol. The number of nitrogens with one attached hydrogen (secondary N) is 2. The normalized spacial score (nSPS) is 12.0. The van der Waals surface area contributed by atoms with Crippen LogP contribution < -0.4 is 16.4 Å². The lowest BCUT2D eigenvalue weighted by molar-refractivity contribution is -0.123. The topological polar surface area (TPSA) is 104 Å². The predicted molar refractivity (Wildman–Crippen MR) is 72.7 cm³/mol. The van der Waals surface area contributed by atoms with Gasteiger partial charge in [0, 0.05) is 6.04 Å². The van der Waals surface area contributed by atoms with Crippen LogP contribution in [0.15, 0.2) is 18.2 Å². The van der Waals surface area contributed by atoms with E-state index in [-0.39, 0.29) is 28.9 Å². The Morgan fingerprint density at radius 3 is 2.42 bits per heavy atom. The maximum absolute atomic E-state index is 11.9. The molecule has 0 saturated heterocycles. The summed E-state index contributed by atoms with van der Waals surface area (Å²) >= 11 is 0. The molecule has 0 heterocycles. The van der Waals surface area contributed by atoms with Crippen LogP contribution in [0.5, 0.6) is 5.75 Å². The highest BCUT2D eigenvalue weighted by molar-refractivity contribution is 6.00. The van der Waals surface area contributed by atoms with Crippen molar-refractivity contribution in [1.82, 2.24) is 10.6 Å². The third-order valence-electron chi connectivity index (χ3n) is 2.48. The Hall–Kier alpha value is -2.24. The SMILES string of the molecule is CC(C)NC(=O)C(C)NC(=O)c1cccc(N)c1O. The van der Waals surface area contributed by atoms with Gasteiger partial charge in [-0.05, 0) is 32.9 Å². The number of hydrogen-bond acceptors (Lipinski definition) is 4. The molecule has 0 saturated carbocycles. The zero-order valence-corrected chi connectivity index (χ0v) is 11.2. The third kappa shape index (κ3) is 3.87. The van der Waals surface area contributed by atoms with Crippen molar-refractivity contribution in [2.24, 2.45) is 0 Å². The fourth-order valence-corrected chi connectivity index (χ4v) is 1.49. The standard InChI is InChI=1S/C13H19N3O3/c1-7(2)15-12(18)8(3)16-13(19)9-5-4-6-10(14)11(9)17/h4-8,17H,14H2,1-3H3,(H,15,18)(H,16,19). The van der Waals surface area contributed by atoms with Crippen LogP contribution in [0, 0.1) is 0 Å². The second kappa shape index (κ2) is 6.08. The van der Waals surface area contributed by atoms with E-state index >= 15 is 0 Å². The van der Waals surface area contributed by atoms with E-state index < -0.39 is 11.9 Å². The average molecular weight is 265 g/mol. The first-order chi connectivity index (χ1) is 8.82. The summed E-state index contributed by atoms with van der Waals surface area (Å²) < 4.78 is 0. The van der Waals surface area contributed by atoms with E-state index in [4.69, 9.17) is 5.73 Å². The minimum Gasteiger partial charge on any atom is -0.505 e. The largest absolute Gasteiger partial charge is 0.505 e. The summed E-state index contributed by atoms with van der Waals surface area (Å²) in [6.45, 7) is 5.23. The molecule has 0 bridgehead atoms. The second-order valence-electron chi connectivity index (χ2n) is 4.60. The van der Waals surface area contributed by atoms with Crippen LogP contribution in [0.25, 0.3) is 0 Å². The zero-order chi connectivity index (χ0) is 14.6. The number of rotatable bonds is 4. The van der Waals surface area contributed by atoms with Gasteiger partial charge in [0.05, 0.1) is 11.3 Å². The number of phenolic OH excluding ortho intramolecular Hbond substituents is 1. The Bertz CT molecular complexity index is 486. The fourth-order valence-electron chi connectivity index (χ4n) is 1.49. The lowest BCUT2D eigenvalue weighted by Gasteiger charge is -2.16. The van der Waals surface area contributed by atoms with Gasteiger partial charge >= 0.3 is 0 Å². The van der Waals surface area contributed by atoms with Crippen LogP contribution >= 0.6 is 0 Å². The molecule has 1 rings (SSSR count). The number of para-hydroxylation sites is 1. The van der Waals surface area contributed by atoms with Crippen molar-refractivity contribution in [2.45, 2.75) is 32.9 Å². The van der Waals surface area contributed by atoms with E-state index in [1.54, 1.807) is 13.0 Å². The molecule has 0 fully saturated rings. The van der Waals surface area contributed by atoms with Crippen molar-refractivity contribution in [3.8, 4) is 5.75 Å². The van der Waals surface area contributed by atoms with Gasteiger partial charge in [0.1, 0.15) is 6.04 Å². The van der Waals surface area contributed by atoms with Crippen molar-refractivity contribution in [3.63, 3.8) is 0 Å². The van der Waals surface area contributed by atoms with Crippen LogP contribution in [0.2, 0.25) is 0 Å². The molecular formula is C13H19N3O3. The van der Waals surface area contributed by atoms with Gasteiger partial charge in [-0.25, -0.2) is 0 Å². The van der Waals surface area contributed by atoms with E-state index in [1.807, 2.05) is 13.8 Å². The van der Waals surface area contributed by atoms with Gasteiger partial charge < -0.3 is 21.5 Å². The molecule has 6 heteroatoms. The quantitative estimate of drug-likeness (QED) is 0.473. The van der Waals surface area contributed by atoms with Crippen LogP contribution in [-0.4, -0.2) is 29.0 Å². The van der Waals surface area contributed by atoms with E-state index in [2.05, 4.69) is 10.6 Å². The first kappa shape index (κ1) is 14.8. The molecule has 1 atom stereocenters. The van der Waals surface area contributed by atoms with E-state index in [9.17, 15) is 14.7 Å². The summed E-state index contributed by atoms with van der Waals surface area (Å²) in [5.41, 5.74) is 5.67. The van der Waals surface area contributed by atoms with Crippen LogP contribution in [0.4, 0.5) is 5.69 Å². The molecule has 0 aliphatic carbocycles. The van der Waals surface area contributed by atoms with Crippen LogP contribution in [0.3, 0.4) is 0 Å². The molecule has 1 aromatic rings. The number of carbonyl (C=O) groups excluding carboxylic acids is 2. The number of benzene rings is 1. The number of aromatic hydroxyl groups is 1. The number of nitrogen functional groups attached to an aromatic ring is 1. The molecule has 0 radical (unpaired) electrons. The zero-order valence-electron chi connectivity index (χ0n) is 11.2. The summed E-state index contributed by atoms with van der Waals surface area (Å²) in [7, 11) is 0. The van der Waals surface area contributed by atoms with Crippen LogP contribution in [0.1, 0.15) is 31.1 Å². The number of carbonyl (C=O) groups is 2. The first-order valence-corrected chi connectivity index (χ1v) is 6.01. The average Bonchev–Trinajstić information content (AvgIpc) is 2.31. The summed E-state index contributed by atoms with van der Waals surface area (Å²) in [5, 5.41) is 14.9. The molecule has 5 N–H and O–H groups in total. The molecule has 2 amide bonds. The molecule has 0 aromatic heterocycles. The van der Waals surface area contributed by atoms with Gasteiger partial charge in [0.15, 0.2) is 5.75 Å². The molecule has 6 nitrogen and oxygen atoms in total. The molecule has 1 unspecified atom stereocenters. The van der Waals surface area contributed by atoms with E-state index in [1.165, 1.54) is 12.1 Å². The lowest BCUT2D eigenvalue weighted by Crippen LogP contribution is -2.46. The number of amides is 2. The Morgan fingerprint density at radius 2 is 1.84 bits per heavy atom. The van der Waals surface area contributed by atoms with Crippen molar-refractivity contribution in [3.05, 3.63) is 23.8 Å². The number of phenols is 1. The van der Waals surface area contributed by atoms with E-state index in [0.29, 0.717) is 0 Å². The van der Waals surface area contributed by atoms with Gasteiger partial charge in [0.2, 0.25) is 5.91 Å². The highest BCUT2D eigenvalue weighted by atomic mass is 16.3. The van der Waals surface area contributed by atoms with Crippen molar-refractivity contribution in [2.75, 3.05) is 5.73 Å². The van der Waals surface area contributed by atoms with E-state index in [0.717, 1.165) is 0 Å². The minimum absolute atomic E-state index is 0.00683. The smallest absolute Gasteiger partial charge is 0.255 e. The highest BCUT2D eigenvalue weighted by Gasteiger charge is 2.19. The Morgan fingerprint density at radius 1 is 1.21 bits per heavy atom. The molecule has 0 spiro atoms. The summed E-state index contributed by atoms with van der Waals surface area (Å²) in [6.07, 6.45) is 0. The molecule has 0 aliphatic heterocycles. The summed E-state index contributed by atoms with van der Waals surface area (Å²) in [5.74, 6) is -1.11. The fraction of sp³-hybridized carbons (Fsp3) is 0.385. The maximum Gasteiger partial charge on any atom is 0.255 e. The third-order valence-corrected chi connectivity index (χ3v) is 2.48. The Labute approximate surface area is 112 Å². The molecule has 19 heavy (non-hydrogen) atoms. The molecule has 0 aliphatic rings. The van der Waals surface area contributed by atoms with Crippen molar-refractivity contribution >= 4 is 17.5 Å². The van der Waals surface area contributed by atoms with Gasteiger partial charge in [-0.3, -0.25) is 9.59 Å². The number of nitrogens with two attached hydrogens (primary N) is 1. The summed E-state index contributed by atoms with van der Waals surface area (Å²) in [6, 6.07) is 3.78. The van der Waals surface area contributed by atoms with Gasteiger partial charge in [-0.1, -0.05) is 6.07 Å². The van der Waals surface area contributed by atoms with Crippen molar-refractivity contribution < 1.29 is 14.7 Å². The lowest BCUT2D eigenvalue weighted by atomic mass is 10.1. The number of anilines is 1. The minimum atomic E-state index is -0.698. The van der Waals surface area contributed by atoms with Gasteiger partial charge in [0.25, 0.3) is 5.91 Å². The second-order valence-corrected chi connectivity index (χ2v) is 4.60. The van der Waals surface area contributed by atoms with Crippen LogP contribution in [-0.2, 0) is 4.79 Å². The van der Waals surface area contributed by atoms with Gasteiger partial charge in [-0.2, -0.15) is 0 Å². The Kier molecular flexibility index (Phi) is 4.74. The maximum atomic E-state index is 11.9. The Balaban J connectivity index is 2.74.